The average Bonchev–Trinajstić information content (AvgIpc) is 3.20. The Hall–Kier alpha value is -3.32. The molecule has 144 valence electrons. The first kappa shape index (κ1) is 19.4. The van der Waals surface area contributed by atoms with Crippen molar-refractivity contribution in [3.8, 4) is 5.75 Å². The second kappa shape index (κ2) is 9.05. The molecule has 0 aliphatic carbocycles. The number of nitro groups is 1. The number of furan rings is 1. The number of ether oxygens (including phenoxy) is 1. The monoisotopic (exact) mass is 400 g/mol. The molecular weight excluding hydrogens is 384 g/mol. The van der Waals surface area contributed by atoms with Crippen LogP contribution in [0.3, 0.4) is 0 Å². The summed E-state index contributed by atoms with van der Waals surface area (Å²) in [6.07, 6.45) is 1.54. The van der Waals surface area contributed by atoms with Crippen LogP contribution < -0.4 is 4.74 Å². The van der Waals surface area contributed by atoms with Crippen molar-refractivity contribution in [2.45, 2.75) is 13.1 Å². The van der Waals surface area contributed by atoms with E-state index >= 15 is 0 Å². The zero-order valence-electron chi connectivity index (χ0n) is 14.8. The Labute approximate surface area is 166 Å². The lowest BCUT2D eigenvalue weighted by molar-refractivity contribution is -0.384. The second-order valence-corrected chi connectivity index (χ2v) is 6.37. The number of nitro benzene ring substituents is 1. The minimum Gasteiger partial charge on any atom is -0.484 e. The van der Waals surface area contributed by atoms with Crippen LogP contribution in [0, 0.1) is 10.1 Å². The van der Waals surface area contributed by atoms with Gasteiger partial charge in [-0.15, -0.1) is 0 Å². The quantitative estimate of drug-likeness (QED) is 0.412. The third kappa shape index (κ3) is 5.11. The number of benzene rings is 2. The molecule has 1 heterocycles. The summed E-state index contributed by atoms with van der Waals surface area (Å²) in [6, 6.07) is 16.4. The lowest BCUT2D eigenvalue weighted by Crippen LogP contribution is -2.34. The van der Waals surface area contributed by atoms with Gasteiger partial charge in [-0.1, -0.05) is 29.8 Å². The molecule has 2 aromatic carbocycles. The number of halogens is 1. The maximum absolute atomic E-state index is 12.7. The summed E-state index contributed by atoms with van der Waals surface area (Å²) in [5.74, 6) is 0.736. The molecule has 1 amide bonds. The van der Waals surface area contributed by atoms with Crippen LogP contribution in [0.2, 0.25) is 5.02 Å². The number of nitrogens with zero attached hydrogens (tertiary/aromatic N) is 2. The first-order chi connectivity index (χ1) is 13.5. The molecule has 0 N–H and O–H groups in total. The first-order valence-electron chi connectivity index (χ1n) is 8.44. The molecule has 3 aromatic rings. The molecular formula is C20H17ClN2O5. The fourth-order valence-electron chi connectivity index (χ4n) is 2.56. The molecule has 0 radical (unpaired) electrons. The lowest BCUT2D eigenvalue weighted by atomic mass is 10.2. The van der Waals surface area contributed by atoms with Crippen molar-refractivity contribution in [1.29, 1.82) is 0 Å². The summed E-state index contributed by atoms with van der Waals surface area (Å²) in [7, 11) is 0. The van der Waals surface area contributed by atoms with Crippen LogP contribution in [0.4, 0.5) is 5.69 Å². The standard InChI is InChI=1S/C20H17ClN2O5/c21-19-6-2-1-4-15(19)12-22(13-18-5-3-11-27-18)20(24)14-28-17-9-7-16(8-10-17)23(25)26/h1-11H,12-14H2. The molecule has 8 heteroatoms. The van der Waals surface area contributed by atoms with E-state index in [1.165, 1.54) is 24.3 Å². The van der Waals surface area contributed by atoms with E-state index in [1.54, 1.807) is 29.4 Å². The van der Waals surface area contributed by atoms with Crippen molar-refractivity contribution >= 4 is 23.2 Å². The zero-order chi connectivity index (χ0) is 19.9. The molecule has 0 unspecified atom stereocenters. The van der Waals surface area contributed by atoms with E-state index < -0.39 is 4.92 Å². The van der Waals surface area contributed by atoms with E-state index in [1.807, 2.05) is 18.2 Å². The Bertz CT molecular complexity index is 941. The topological polar surface area (TPSA) is 85.8 Å². The summed E-state index contributed by atoms with van der Waals surface area (Å²) in [5, 5.41) is 11.3. The van der Waals surface area contributed by atoms with Gasteiger partial charge in [0.1, 0.15) is 11.5 Å². The molecule has 3 rings (SSSR count). The summed E-state index contributed by atoms with van der Waals surface area (Å²) >= 11 is 6.22. The zero-order valence-corrected chi connectivity index (χ0v) is 15.5. The number of hydrogen-bond donors (Lipinski definition) is 0. The van der Waals surface area contributed by atoms with Gasteiger partial charge in [0.15, 0.2) is 6.61 Å². The lowest BCUT2D eigenvalue weighted by Gasteiger charge is -2.22. The Balaban J connectivity index is 1.68. The van der Waals surface area contributed by atoms with Crippen LogP contribution in [0.25, 0.3) is 0 Å². The highest BCUT2D eigenvalue weighted by Crippen LogP contribution is 2.20. The molecule has 28 heavy (non-hydrogen) atoms. The Kier molecular flexibility index (Phi) is 6.29. The molecule has 0 saturated heterocycles. The van der Waals surface area contributed by atoms with Crippen molar-refractivity contribution in [2.24, 2.45) is 0 Å². The van der Waals surface area contributed by atoms with Gasteiger partial charge in [0.05, 0.1) is 17.7 Å². The van der Waals surface area contributed by atoms with Crippen LogP contribution in [0.1, 0.15) is 11.3 Å². The van der Waals surface area contributed by atoms with E-state index in [2.05, 4.69) is 0 Å². The van der Waals surface area contributed by atoms with Crippen LogP contribution in [0.5, 0.6) is 5.75 Å². The minimum atomic E-state index is -0.496. The molecule has 0 aliphatic rings. The molecule has 0 bridgehead atoms. The van der Waals surface area contributed by atoms with Gasteiger partial charge in [0.2, 0.25) is 0 Å². The van der Waals surface area contributed by atoms with E-state index in [4.69, 9.17) is 20.8 Å². The average molecular weight is 401 g/mol. The highest BCUT2D eigenvalue weighted by molar-refractivity contribution is 6.31. The van der Waals surface area contributed by atoms with Crippen molar-refractivity contribution in [1.82, 2.24) is 4.90 Å². The maximum Gasteiger partial charge on any atom is 0.269 e. The van der Waals surface area contributed by atoms with Gasteiger partial charge < -0.3 is 14.1 Å². The Morgan fingerprint density at radius 3 is 2.46 bits per heavy atom. The van der Waals surface area contributed by atoms with E-state index in [0.717, 1.165) is 5.56 Å². The third-order valence-corrected chi connectivity index (χ3v) is 4.38. The summed E-state index contributed by atoms with van der Waals surface area (Å²) in [6.45, 7) is 0.340. The highest BCUT2D eigenvalue weighted by atomic mass is 35.5. The van der Waals surface area contributed by atoms with Crippen molar-refractivity contribution < 1.29 is 18.9 Å². The molecule has 1 aromatic heterocycles. The van der Waals surface area contributed by atoms with Gasteiger partial charge in [0.25, 0.3) is 11.6 Å². The van der Waals surface area contributed by atoms with Crippen LogP contribution in [-0.2, 0) is 17.9 Å². The van der Waals surface area contributed by atoms with Gasteiger partial charge in [-0.25, -0.2) is 0 Å². The molecule has 0 atom stereocenters. The Morgan fingerprint density at radius 2 is 1.82 bits per heavy atom. The smallest absolute Gasteiger partial charge is 0.269 e. The number of amides is 1. The predicted octanol–water partition coefficient (Wildman–Crippen LogP) is 4.45. The summed E-state index contributed by atoms with van der Waals surface area (Å²) in [4.78, 5) is 24.5. The summed E-state index contributed by atoms with van der Waals surface area (Å²) < 4.78 is 10.8. The molecule has 0 fully saturated rings. The molecule has 0 spiro atoms. The first-order valence-corrected chi connectivity index (χ1v) is 8.81. The van der Waals surface area contributed by atoms with Crippen LogP contribution >= 0.6 is 11.6 Å². The fourth-order valence-corrected chi connectivity index (χ4v) is 2.75. The number of carbonyl (C=O) groups excluding carboxylic acids is 1. The second-order valence-electron chi connectivity index (χ2n) is 5.96. The minimum absolute atomic E-state index is 0.0446. The van der Waals surface area contributed by atoms with Crippen molar-refractivity contribution in [3.63, 3.8) is 0 Å². The van der Waals surface area contributed by atoms with Gasteiger partial charge in [-0.3, -0.25) is 14.9 Å². The van der Waals surface area contributed by atoms with E-state index in [-0.39, 0.29) is 24.7 Å². The van der Waals surface area contributed by atoms with Crippen molar-refractivity contribution in [2.75, 3.05) is 6.61 Å². The molecule has 0 saturated carbocycles. The fraction of sp³-hybridized carbons (Fsp3) is 0.150. The SMILES string of the molecule is O=C(COc1ccc([N+](=O)[O-])cc1)N(Cc1ccco1)Cc1ccccc1Cl. The molecule has 0 aliphatic heterocycles. The van der Waals surface area contributed by atoms with Gasteiger partial charge in [-0.2, -0.15) is 0 Å². The van der Waals surface area contributed by atoms with Gasteiger partial charge in [0, 0.05) is 23.7 Å². The number of hydrogen-bond acceptors (Lipinski definition) is 5. The number of non-ortho nitro benzene ring substituents is 1. The molecule has 7 nitrogen and oxygen atoms in total. The summed E-state index contributed by atoms with van der Waals surface area (Å²) in [5.41, 5.74) is 0.760. The van der Waals surface area contributed by atoms with Crippen LogP contribution in [-0.4, -0.2) is 22.3 Å². The van der Waals surface area contributed by atoms with Crippen LogP contribution in [0.15, 0.2) is 71.3 Å². The number of rotatable bonds is 8. The van der Waals surface area contributed by atoms with Crippen molar-refractivity contribution in [3.05, 3.63) is 93.4 Å². The normalized spacial score (nSPS) is 10.5. The largest absolute Gasteiger partial charge is 0.484 e. The number of carbonyl (C=O) groups is 1. The maximum atomic E-state index is 12.7. The van der Waals surface area contributed by atoms with Gasteiger partial charge in [-0.05, 0) is 35.9 Å². The predicted molar refractivity (Wildman–Crippen MR) is 103 cm³/mol. The highest BCUT2D eigenvalue weighted by Gasteiger charge is 2.18. The van der Waals surface area contributed by atoms with E-state index in [9.17, 15) is 14.9 Å². The Morgan fingerprint density at radius 1 is 1.07 bits per heavy atom. The van der Waals surface area contributed by atoms with E-state index in [0.29, 0.717) is 23.1 Å². The van der Waals surface area contributed by atoms with Gasteiger partial charge >= 0.3 is 0 Å². The third-order valence-electron chi connectivity index (χ3n) is 4.01.